The second kappa shape index (κ2) is 7.46. The van der Waals surface area contributed by atoms with Gasteiger partial charge in [0.2, 0.25) is 0 Å². The van der Waals surface area contributed by atoms with Crippen molar-refractivity contribution in [2.24, 2.45) is 5.92 Å². The van der Waals surface area contributed by atoms with Crippen molar-refractivity contribution in [1.29, 1.82) is 0 Å². The average molecular weight is 299 g/mol. The fourth-order valence-electron chi connectivity index (χ4n) is 3.26. The molecule has 1 aromatic rings. The molecule has 2 rings (SSSR count). The summed E-state index contributed by atoms with van der Waals surface area (Å²) >= 11 is 6.39. The molecule has 114 valence electrons. The van der Waals surface area contributed by atoms with Crippen LogP contribution in [0.1, 0.15) is 63.8 Å². The molecule has 0 aromatic carbocycles. The number of halogens is 1. The Hall–Kier alpha value is -0.540. The van der Waals surface area contributed by atoms with Crippen LogP contribution in [0.4, 0.5) is 0 Å². The lowest BCUT2D eigenvalue weighted by Crippen LogP contribution is -2.15. The van der Waals surface area contributed by atoms with Crippen LogP contribution in [0.25, 0.3) is 0 Å². The van der Waals surface area contributed by atoms with Gasteiger partial charge in [0, 0.05) is 13.0 Å². The summed E-state index contributed by atoms with van der Waals surface area (Å²) in [5.74, 6) is 0.836. The van der Waals surface area contributed by atoms with E-state index in [1.54, 1.807) is 0 Å². The van der Waals surface area contributed by atoms with Gasteiger partial charge in [-0.15, -0.1) is 0 Å². The molecule has 4 heteroatoms. The molecule has 3 nitrogen and oxygen atoms in total. The van der Waals surface area contributed by atoms with E-state index in [1.165, 1.54) is 25.7 Å². The molecule has 1 aliphatic rings. The largest absolute Gasteiger partial charge is 0.393 e. The topological polar surface area (TPSA) is 38.0 Å². The van der Waals surface area contributed by atoms with E-state index in [4.69, 9.17) is 11.6 Å². The summed E-state index contributed by atoms with van der Waals surface area (Å²) in [5.41, 5.74) is 1.96. The van der Waals surface area contributed by atoms with Crippen molar-refractivity contribution in [3.8, 4) is 0 Å². The van der Waals surface area contributed by atoms with Gasteiger partial charge < -0.3 is 5.11 Å². The highest BCUT2D eigenvalue weighted by molar-refractivity contribution is 6.31. The maximum absolute atomic E-state index is 10.3. The molecule has 1 N–H and O–H groups in total. The summed E-state index contributed by atoms with van der Waals surface area (Å²) in [6.45, 7) is 4.94. The van der Waals surface area contributed by atoms with Crippen molar-refractivity contribution in [1.82, 2.24) is 9.78 Å². The summed E-state index contributed by atoms with van der Waals surface area (Å²) < 4.78 is 1.94. The molecular weight excluding hydrogens is 272 g/mol. The molecule has 0 aliphatic heterocycles. The number of aliphatic hydroxyl groups excluding tert-OH is 1. The second-order valence-electron chi connectivity index (χ2n) is 5.96. The van der Waals surface area contributed by atoms with Crippen LogP contribution in [0.15, 0.2) is 0 Å². The van der Waals surface area contributed by atoms with Crippen LogP contribution in [0, 0.1) is 5.92 Å². The van der Waals surface area contributed by atoms with Gasteiger partial charge in [-0.3, -0.25) is 4.68 Å². The van der Waals surface area contributed by atoms with Crippen LogP contribution in [0.5, 0.6) is 0 Å². The van der Waals surface area contributed by atoms with Crippen molar-refractivity contribution in [3.63, 3.8) is 0 Å². The van der Waals surface area contributed by atoms with E-state index in [-0.39, 0.29) is 6.10 Å². The fourth-order valence-corrected chi connectivity index (χ4v) is 3.61. The van der Waals surface area contributed by atoms with Crippen LogP contribution in [0.3, 0.4) is 0 Å². The predicted molar refractivity (Wildman–Crippen MR) is 83.2 cm³/mol. The first-order valence-corrected chi connectivity index (χ1v) is 8.45. The van der Waals surface area contributed by atoms with E-state index in [1.807, 2.05) is 4.68 Å². The SMILES string of the molecule is CCc1nn(CC)c(CC(O)CCC2CCCC2)c1Cl. The molecule has 1 heterocycles. The van der Waals surface area contributed by atoms with Crippen molar-refractivity contribution < 1.29 is 5.11 Å². The summed E-state index contributed by atoms with van der Waals surface area (Å²) in [4.78, 5) is 0. The van der Waals surface area contributed by atoms with Crippen LogP contribution in [0.2, 0.25) is 5.02 Å². The molecule has 1 unspecified atom stereocenters. The van der Waals surface area contributed by atoms with Crippen molar-refractivity contribution >= 4 is 11.6 Å². The molecule has 0 bridgehead atoms. The Labute approximate surface area is 127 Å². The summed E-state index contributed by atoms with van der Waals surface area (Å²) in [6, 6.07) is 0. The third kappa shape index (κ3) is 3.76. The Morgan fingerprint density at radius 1 is 1.35 bits per heavy atom. The maximum atomic E-state index is 10.3. The van der Waals surface area contributed by atoms with Gasteiger partial charge in [0.25, 0.3) is 0 Å². The van der Waals surface area contributed by atoms with Crippen molar-refractivity contribution in [3.05, 3.63) is 16.4 Å². The van der Waals surface area contributed by atoms with Gasteiger partial charge in [0.15, 0.2) is 0 Å². The zero-order chi connectivity index (χ0) is 14.5. The summed E-state index contributed by atoms with van der Waals surface area (Å²) in [6.07, 6.45) is 8.66. The summed E-state index contributed by atoms with van der Waals surface area (Å²) in [5, 5.41) is 15.6. The second-order valence-corrected chi connectivity index (χ2v) is 6.34. The maximum Gasteiger partial charge on any atom is 0.0850 e. The predicted octanol–water partition coefficient (Wildman–Crippen LogP) is 3.99. The van der Waals surface area contributed by atoms with Crippen LogP contribution in [-0.2, 0) is 19.4 Å². The molecule has 1 fully saturated rings. The van der Waals surface area contributed by atoms with E-state index >= 15 is 0 Å². The number of aryl methyl sites for hydroxylation is 2. The number of rotatable bonds is 7. The highest BCUT2D eigenvalue weighted by Crippen LogP contribution is 2.30. The van der Waals surface area contributed by atoms with Gasteiger partial charge in [-0.05, 0) is 32.1 Å². The van der Waals surface area contributed by atoms with Crippen LogP contribution >= 0.6 is 11.6 Å². The van der Waals surface area contributed by atoms with Gasteiger partial charge in [0.1, 0.15) is 0 Å². The number of aromatic nitrogens is 2. The van der Waals surface area contributed by atoms with Gasteiger partial charge in [-0.25, -0.2) is 0 Å². The first-order chi connectivity index (χ1) is 9.65. The Morgan fingerprint density at radius 3 is 2.65 bits per heavy atom. The Bertz CT molecular complexity index is 424. The first-order valence-electron chi connectivity index (χ1n) is 8.07. The number of hydrogen-bond acceptors (Lipinski definition) is 2. The minimum absolute atomic E-state index is 0.292. The first kappa shape index (κ1) is 15.8. The number of nitrogens with zero attached hydrogens (tertiary/aromatic N) is 2. The lowest BCUT2D eigenvalue weighted by molar-refractivity contribution is 0.152. The molecule has 0 spiro atoms. The van der Waals surface area contributed by atoms with Gasteiger partial charge in [-0.1, -0.05) is 44.2 Å². The smallest absolute Gasteiger partial charge is 0.0850 e. The summed E-state index contributed by atoms with van der Waals surface area (Å²) in [7, 11) is 0. The normalized spacial score (nSPS) is 17.8. The molecule has 1 atom stereocenters. The zero-order valence-electron chi connectivity index (χ0n) is 12.7. The quantitative estimate of drug-likeness (QED) is 0.826. The monoisotopic (exact) mass is 298 g/mol. The van der Waals surface area contributed by atoms with Crippen molar-refractivity contribution in [2.45, 2.75) is 77.9 Å². The fraction of sp³-hybridized carbons (Fsp3) is 0.812. The molecule has 1 aromatic heterocycles. The van der Waals surface area contributed by atoms with Gasteiger partial charge in [-0.2, -0.15) is 5.10 Å². The third-order valence-corrected chi connectivity index (χ3v) is 4.94. The molecular formula is C16H27ClN2O. The van der Waals surface area contributed by atoms with E-state index in [2.05, 4.69) is 18.9 Å². The molecule has 20 heavy (non-hydrogen) atoms. The Kier molecular flexibility index (Phi) is 5.91. The van der Waals surface area contributed by atoms with Gasteiger partial charge >= 0.3 is 0 Å². The van der Waals surface area contributed by atoms with E-state index < -0.39 is 0 Å². The molecule has 0 radical (unpaired) electrons. The Balaban J connectivity index is 1.92. The zero-order valence-corrected chi connectivity index (χ0v) is 13.5. The minimum Gasteiger partial charge on any atom is -0.393 e. The van der Waals surface area contributed by atoms with Crippen LogP contribution in [-0.4, -0.2) is 21.0 Å². The van der Waals surface area contributed by atoms with E-state index in [0.29, 0.717) is 6.42 Å². The standard InChI is InChI=1S/C16H27ClN2O/c1-3-14-16(17)15(19(4-2)18-14)11-13(20)10-9-12-7-5-6-8-12/h12-13,20H,3-11H2,1-2H3. The molecule has 1 aliphatic carbocycles. The van der Waals surface area contributed by atoms with E-state index in [9.17, 15) is 5.11 Å². The van der Waals surface area contributed by atoms with E-state index in [0.717, 1.165) is 48.1 Å². The average Bonchev–Trinajstić information content (AvgIpc) is 3.06. The Morgan fingerprint density at radius 2 is 2.05 bits per heavy atom. The number of hydrogen-bond donors (Lipinski definition) is 1. The number of aliphatic hydroxyl groups is 1. The third-order valence-electron chi connectivity index (χ3n) is 4.51. The minimum atomic E-state index is -0.292. The van der Waals surface area contributed by atoms with Gasteiger partial charge in [0.05, 0.1) is 22.5 Å². The van der Waals surface area contributed by atoms with Crippen LogP contribution < -0.4 is 0 Å². The van der Waals surface area contributed by atoms with Crippen molar-refractivity contribution in [2.75, 3.05) is 0 Å². The lowest BCUT2D eigenvalue weighted by atomic mass is 9.98. The molecule has 1 saturated carbocycles. The highest BCUT2D eigenvalue weighted by atomic mass is 35.5. The highest BCUT2D eigenvalue weighted by Gasteiger charge is 2.20. The molecule has 0 saturated heterocycles. The molecule has 0 amide bonds. The lowest BCUT2D eigenvalue weighted by Gasteiger charge is -2.14.